The molecule has 1 unspecified atom stereocenters. The van der Waals surface area contributed by atoms with E-state index >= 15 is 0 Å². The first kappa shape index (κ1) is 18.4. The minimum absolute atomic E-state index is 0.0629. The van der Waals surface area contributed by atoms with Crippen LogP contribution in [0.3, 0.4) is 0 Å². The van der Waals surface area contributed by atoms with Crippen LogP contribution < -0.4 is 11.1 Å². The molecule has 24 heavy (non-hydrogen) atoms. The standard InChI is InChI=1S/C16H20F2N4OS/c1-22(2)13(15-10(17)4-3-5-11(15)18)8-20-16(23)12-9-24-14(21-12)6-7-19/h3-5,9,13H,6-8,19H2,1-2H3,(H,20,23). The van der Waals surface area contributed by atoms with Gasteiger partial charge in [0.05, 0.1) is 11.0 Å². The van der Waals surface area contributed by atoms with Gasteiger partial charge in [0.2, 0.25) is 0 Å². The lowest BCUT2D eigenvalue weighted by Gasteiger charge is -2.25. The lowest BCUT2D eigenvalue weighted by molar-refractivity contribution is 0.0936. The van der Waals surface area contributed by atoms with Gasteiger partial charge < -0.3 is 16.0 Å². The number of aromatic nitrogens is 1. The molecule has 3 N–H and O–H groups in total. The SMILES string of the molecule is CN(C)C(CNC(=O)c1csc(CCN)n1)c1c(F)cccc1F. The van der Waals surface area contributed by atoms with Crippen LogP contribution in [0.4, 0.5) is 8.78 Å². The second-order valence-electron chi connectivity index (χ2n) is 5.49. The number of benzene rings is 1. The Hall–Kier alpha value is -1.90. The Kier molecular flexibility index (Phi) is 6.36. The van der Waals surface area contributed by atoms with E-state index in [4.69, 9.17) is 5.73 Å². The van der Waals surface area contributed by atoms with Crippen molar-refractivity contribution in [3.8, 4) is 0 Å². The Morgan fingerprint density at radius 1 is 1.38 bits per heavy atom. The molecule has 130 valence electrons. The van der Waals surface area contributed by atoms with Crippen LogP contribution in [0.5, 0.6) is 0 Å². The second kappa shape index (κ2) is 8.27. The molecule has 0 fully saturated rings. The molecule has 0 aliphatic rings. The largest absolute Gasteiger partial charge is 0.349 e. The summed E-state index contributed by atoms with van der Waals surface area (Å²) in [6.07, 6.45) is 0.610. The van der Waals surface area contributed by atoms with Gasteiger partial charge in [-0.05, 0) is 32.8 Å². The maximum Gasteiger partial charge on any atom is 0.270 e. The minimum Gasteiger partial charge on any atom is -0.349 e. The van der Waals surface area contributed by atoms with Gasteiger partial charge in [-0.3, -0.25) is 4.79 Å². The highest BCUT2D eigenvalue weighted by molar-refractivity contribution is 7.09. The first-order chi connectivity index (χ1) is 11.4. The average Bonchev–Trinajstić information content (AvgIpc) is 2.98. The molecule has 0 spiro atoms. The molecule has 0 bridgehead atoms. The molecule has 0 saturated heterocycles. The number of hydrogen-bond donors (Lipinski definition) is 2. The van der Waals surface area contributed by atoms with Gasteiger partial charge >= 0.3 is 0 Å². The average molecular weight is 354 g/mol. The summed E-state index contributed by atoms with van der Waals surface area (Å²) in [6.45, 7) is 0.525. The molecule has 0 aliphatic carbocycles. The molecule has 1 atom stereocenters. The molecule has 1 aromatic carbocycles. The Bertz CT molecular complexity index is 685. The van der Waals surface area contributed by atoms with E-state index in [1.165, 1.54) is 29.5 Å². The number of carbonyl (C=O) groups excluding carboxylic acids is 1. The smallest absolute Gasteiger partial charge is 0.270 e. The van der Waals surface area contributed by atoms with Gasteiger partial charge in [-0.25, -0.2) is 13.8 Å². The van der Waals surface area contributed by atoms with E-state index in [0.717, 1.165) is 5.01 Å². The number of nitrogens with zero attached hydrogens (tertiary/aromatic N) is 2. The van der Waals surface area contributed by atoms with Crippen LogP contribution >= 0.6 is 11.3 Å². The van der Waals surface area contributed by atoms with Crippen molar-refractivity contribution in [1.29, 1.82) is 0 Å². The number of amides is 1. The molecular weight excluding hydrogens is 334 g/mol. The number of nitrogens with two attached hydrogens (primary N) is 1. The normalized spacial score (nSPS) is 12.4. The molecule has 0 aliphatic heterocycles. The van der Waals surface area contributed by atoms with Gasteiger partial charge in [0.15, 0.2) is 0 Å². The molecular formula is C16H20F2N4OS. The molecule has 2 aromatic rings. The summed E-state index contributed by atoms with van der Waals surface area (Å²) >= 11 is 1.36. The van der Waals surface area contributed by atoms with Gasteiger partial charge in [-0.1, -0.05) is 6.07 Å². The van der Waals surface area contributed by atoms with Crippen molar-refractivity contribution in [2.45, 2.75) is 12.5 Å². The van der Waals surface area contributed by atoms with Gasteiger partial charge in [0, 0.05) is 23.9 Å². The zero-order valence-electron chi connectivity index (χ0n) is 13.6. The van der Waals surface area contributed by atoms with E-state index in [1.807, 2.05) is 0 Å². The molecule has 1 aromatic heterocycles. The highest BCUT2D eigenvalue weighted by Crippen LogP contribution is 2.24. The number of carbonyl (C=O) groups is 1. The van der Waals surface area contributed by atoms with Crippen LogP contribution in [0.2, 0.25) is 0 Å². The summed E-state index contributed by atoms with van der Waals surface area (Å²) in [5.74, 6) is -1.65. The summed E-state index contributed by atoms with van der Waals surface area (Å²) in [6, 6.07) is 3.09. The van der Waals surface area contributed by atoms with Crippen molar-refractivity contribution < 1.29 is 13.6 Å². The van der Waals surface area contributed by atoms with Crippen molar-refractivity contribution in [2.24, 2.45) is 5.73 Å². The van der Waals surface area contributed by atoms with Crippen molar-refractivity contribution in [3.05, 3.63) is 51.5 Å². The lowest BCUT2D eigenvalue weighted by atomic mass is 10.0. The van der Waals surface area contributed by atoms with Crippen LogP contribution in [0.15, 0.2) is 23.6 Å². The fourth-order valence-electron chi connectivity index (χ4n) is 2.31. The molecule has 0 saturated carbocycles. The number of likely N-dealkylation sites (N-methyl/N-ethyl adjacent to an activating group) is 1. The van der Waals surface area contributed by atoms with Crippen LogP contribution in [0, 0.1) is 11.6 Å². The Balaban J connectivity index is 2.10. The molecule has 8 heteroatoms. The van der Waals surface area contributed by atoms with Crippen molar-refractivity contribution in [3.63, 3.8) is 0 Å². The van der Waals surface area contributed by atoms with Gasteiger partial charge in [-0.15, -0.1) is 11.3 Å². The van der Waals surface area contributed by atoms with E-state index in [0.29, 0.717) is 13.0 Å². The fourth-order valence-corrected chi connectivity index (χ4v) is 3.10. The Labute approximate surface area is 143 Å². The van der Waals surface area contributed by atoms with E-state index in [1.54, 1.807) is 24.4 Å². The summed E-state index contributed by atoms with van der Waals surface area (Å²) in [5, 5.41) is 5.12. The van der Waals surface area contributed by atoms with Gasteiger partial charge in [-0.2, -0.15) is 0 Å². The first-order valence-corrected chi connectivity index (χ1v) is 8.35. The van der Waals surface area contributed by atoms with Crippen LogP contribution in [-0.2, 0) is 6.42 Å². The number of nitrogens with one attached hydrogen (secondary N) is 1. The van der Waals surface area contributed by atoms with Crippen molar-refractivity contribution in [1.82, 2.24) is 15.2 Å². The predicted octanol–water partition coefficient (Wildman–Crippen LogP) is 1.96. The van der Waals surface area contributed by atoms with Crippen LogP contribution in [-0.4, -0.2) is 43.0 Å². The monoisotopic (exact) mass is 354 g/mol. The third-order valence-electron chi connectivity index (χ3n) is 3.55. The number of thiazole rings is 1. The molecule has 1 heterocycles. The summed E-state index contributed by atoms with van der Waals surface area (Å²) in [4.78, 5) is 18.0. The maximum absolute atomic E-state index is 14.0. The first-order valence-electron chi connectivity index (χ1n) is 7.47. The summed E-state index contributed by atoms with van der Waals surface area (Å²) < 4.78 is 28.0. The fraction of sp³-hybridized carbons (Fsp3) is 0.375. The third-order valence-corrected chi connectivity index (χ3v) is 4.46. The minimum atomic E-state index is -0.637. The summed E-state index contributed by atoms with van der Waals surface area (Å²) in [7, 11) is 3.40. The third kappa shape index (κ3) is 4.34. The molecule has 0 radical (unpaired) electrons. The zero-order chi connectivity index (χ0) is 17.7. The number of hydrogen-bond acceptors (Lipinski definition) is 5. The van der Waals surface area contributed by atoms with E-state index in [9.17, 15) is 13.6 Å². The van der Waals surface area contributed by atoms with Crippen LogP contribution in [0.25, 0.3) is 0 Å². The van der Waals surface area contributed by atoms with Crippen molar-refractivity contribution in [2.75, 3.05) is 27.2 Å². The number of halogens is 2. The lowest BCUT2D eigenvalue weighted by Crippen LogP contribution is -2.35. The molecule has 1 amide bonds. The van der Waals surface area contributed by atoms with Gasteiger partial charge in [0.25, 0.3) is 5.91 Å². The van der Waals surface area contributed by atoms with E-state index < -0.39 is 17.7 Å². The quantitative estimate of drug-likeness (QED) is 0.797. The zero-order valence-corrected chi connectivity index (χ0v) is 14.4. The summed E-state index contributed by atoms with van der Waals surface area (Å²) in [5.41, 5.74) is 5.68. The molecule has 5 nitrogen and oxygen atoms in total. The highest BCUT2D eigenvalue weighted by Gasteiger charge is 2.23. The van der Waals surface area contributed by atoms with Crippen molar-refractivity contribution >= 4 is 17.2 Å². The topological polar surface area (TPSA) is 71.2 Å². The van der Waals surface area contributed by atoms with E-state index in [-0.39, 0.29) is 23.7 Å². The number of rotatable bonds is 7. The Morgan fingerprint density at radius 3 is 2.62 bits per heavy atom. The Morgan fingerprint density at radius 2 is 2.04 bits per heavy atom. The van der Waals surface area contributed by atoms with Crippen LogP contribution in [0.1, 0.15) is 27.1 Å². The predicted molar refractivity (Wildman–Crippen MR) is 90.0 cm³/mol. The second-order valence-corrected chi connectivity index (χ2v) is 6.43. The van der Waals surface area contributed by atoms with Gasteiger partial charge in [0.1, 0.15) is 17.3 Å². The maximum atomic E-state index is 14.0. The molecule has 2 rings (SSSR count). The highest BCUT2D eigenvalue weighted by atomic mass is 32.1. The van der Waals surface area contributed by atoms with E-state index in [2.05, 4.69) is 10.3 Å².